The first-order valence-electron chi connectivity index (χ1n) is 13.8. The summed E-state index contributed by atoms with van der Waals surface area (Å²) in [6.45, 7) is 16.9. The van der Waals surface area contributed by atoms with Crippen molar-refractivity contribution in [3.8, 4) is 0 Å². The molecule has 186 valence electrons. The van der Waals surface area contributed by atoms with Crippen molar-refractivity contribution in [1.29, 1.82) is 0 Å². The van der Waals surface area contributed by atoms with Crippen LogP contribution in [0.2, 0.25) is 0 Å². The van der Waals surface area contributed by atoms with Gasteiger partial charge in [-0.25, -0.2) is 0 Å². The Balaban J connectivity index is 1.60. The van der Waals surface area contributed by atoms with Gasteiger partial charge < -0.3 is 10.2 Å². The van der Waals surface area contributed by atoms with Crippen LogP contribution in [0.4, 0.5) is 0 Å². The number of carbonyl (C=O) groups is 1. The van der Waals surface area contributed by atoms with E-state index < -0.39 is 11.4 Å². The lowest BCUT2D eigenvalue weighted by Crippen LogP contribution is -2.65. The number of allylic oxidation sites excluding steroid dienone is 2. The Bertz CT molecular complexity index is 885. The van der Waals surface area contributed by atoms with E-state index in [0.717, 1.165) is 51.4 Å². The molecule has 0 saturated heterocycles. The van der Waals surface area contributed by atoms with Gasteiger partial charge in [0, 0.05) is 0 Å². The normalized spacial score (nSPS) is 52.4. The average Bonchev–Trinajstić information content (AvgIpc) is 2.71. The van der Waals surface area contributed by atoms with Crippen LogP contribution in [-0.2, 0) is 4.79 Å². The van der Waals surface area contributed by atoms with Crippen molar-refractivity contribution in [3.05, 3.63) is 11.6 Å². The van der Waals surface area contributed by atoms with Crippen LogP contribution in [0.3, 0.4) is 0 Å². The van der Waals surface area contributed by atoms with Gasteiger partial charge in [-0.15, -0.1) is 0 Å². The second kappa shape index (κ2) is 6.89. The van der Waals surface area contributed by atoms with Gasteiger partial charge >= 0.3 is 5.97 Å². The molecule has 0 amide bonds. The number of hydrogen-bond acceptors (Lipinski definition) is 2. The molecule has 0 radical (unpaired) electrons. The second-order valence-corrected chi connectivity index (χ2v) is 15.1. The van der Waals surface area contributed by atoms with Crippen molar-refractivity contribution in [3.63, 3.8) is 0 Å². The Morgan fingerprint density at radius 1 is 0.879 bits per heavy atom. The van der Waals surface area contributed by atoms with Crippen molar-refractivity contribution >= 4 is 5.97 Å². The summed E-state index contributed by atoms with van der Waals surface area (Å²) in [5.41, 5.74) is 1.68. The van der Waals surface area contributed by atoms with Crippen LogP contribution in [-0.4, -0.2) is 22.3 Å². The zero-order valence-corrected chi connectivity index (χ0v) is 22.3. The van der Waals surface area contributed by atoms with Gasteiger partial charge in [-0.3, -0.25) is 4.79 Å². The maximum absolute atomic E-state index is 12.8. The predicted molar refractivity (Wildman–Crippen MR) is 133 cm³/mol. The van der Waals surface area contributed by atoms with E-state index in [1.165, 1.54) is 18.4 Å². The molecule has 4 saturated carbocycles. The zero-order valence-electron chi connectivity index (χ0n) is 22.3. The molecule has 3 nitrogen and oxygen atoms in total. The van der Waals surface area contributed by atoms with Crippen LogP contribution >= 0.6 is 0 Å². The smallest absolute Gasteiger partial charge is 0.310 e. The van der Waals surface area contributed by atoms with Crippen LogP contribution < -0.4 is 0 Å². The summed E-state index contributed by atoms with van der Waals surface area (Å²) in [4.78, 5) is 12.8. The number of rotatable bonds is 1. The van der Waals surface area contributed by atoms with E-state index >= 15 is 0 Å². The quantitative estimate of drug-likeness (QED) is 0.409. The van der Waals surface area contributed by atoms with Gasteiger partial charge in [-0.05, 0) is 109 Å². The van der Waals surface area contributed by atoms with Gasteiger partial charge in [0.1, 0.15) is 0 Å². The highest BCUT2D eigenvalue weighted by Gasteiger charge is 2.69. The number of aliphatic carboxylic acids is 1. The number of fused-ring (bicyclic) bond motifs is 7. The zero-order chi connectivity index (χ0) is 24.2. The topological polar surface area (TPSA) is 57.5 Å². The van der Waals surface area contributed by atoms with Crippen LogP contribution in [0.5, 0.6) is 0 Å². The third-order valence-corrected chi connectivity index (χ3v) is 13.0. The minimum absolute atomic E-state index is 0.0301. The van der Waals surface area contributed by atoms with E-state index in [0.29, 0.717) is 11.8 Å². The molecule has 5 rings (SSSR count). The molecule has 5 aliphatic rings. The lowest BCUT2D eigenvalue weighted by Gasteiger charge is -2.71. The van der Waals surface area contributed by atoms with Gasteiger partial charge in [-0.1, -0.05) is 60.1 Å². The number of hydrogen-bond donors (Lipinski definition) is 2. The molecule has 8 atom stereocenters. The van der Waals surface area contributed by atoms with Gasteiger partial charge in [-0.2, -0.15) is 0 Å². The third kappa shape index (κ3) is 2.87. The van der Waals surface area contributed by atoms with Gasteiger partial charge in [0.15, 0.2) is 0 Å². The Labute approximate surface area is 201 Å². The standard InChI is InChI=1S/C30H48O3/c1-25(2)14-16-30(24(32)33)17-15-28(6)19(20(30)18-25)8-9-22-27(5)12-11-23(31)26(3,4)21(27)10-13-29(22,28)7/h8,20-23,31H,9-18H2,1-7H3,(H,32,33)/t20-,21-,22+,23?,27-,28+,29+,30-/m0/s1. The average molecular weight is 457 g/mol. The maximum atomic E-state index is 12.8. The number of carboxylic acid groups (broad SMARTS) is 1. The van der Waals surface area contributed by atoms with Crippen LogP contribution in [0, 0.1) is 50.2 Å². The molecule has 33 heavy (non-hydrogen) atoms. The molecular weight excluding hydrogens is 408 g/mol. The first kappa shape index (κ1) is 23.9. The Morgan fingerprint density at radius 3 is 2.21 bits per heavy atom. The summed E-state index contributed by atoms with van der Waals surface area (Å²) in [7, 11) is 0. The third-order valence-electron chi connectivity index (χ3n) is 13.0. The minimum atomic E-state index is -0.553. The number of aliphatic hydroxyl groups is 1. The molecule has 0 heterocycles. The summed E-state index contributed by atoms with van der Waals surface area (Å²) in [6, 6.07) is 0. The van der Waals surface area contributed by atoms with Gasteiger partial charge in [0.25, 0.3) is 0 Å². The van der Waals surface area contributed by atoms with Crippen molar-refractivity contribution in [2.75, 3.05) is 0 Å². The SMILES string of the molecule is CC1(C)CC[C@]2(C(=O)O)CC[C@]3(C)C(=CC[C@@H]4[C@@]5(C)CCC(O)C(C)(C)[C@@H]5CC[C@]43C)[C@@H]2C1. The predicted octanol–water partition coefficient (Wildman–Crippen LogP) is 7.23. The van der Waals surface area contributed by atoms with E-state index in [1.54, 1.807) is 0 Å². The van der Waals surface area contributed by atoms with Crippen molar-refractivity contribution in [1.82, 2.24) is 0 Å². The lowest BCUT2D eigenvalue weighted by atomic mass is 9.33. The molecule has 0 aromatic rings. The number of carboxylic acids is 1. The van der Waals surface area contributed by atoms with Gasteiger partial charge in [0.2, 0.25) is 0 Å². The van der Waals surface area contributed by atoms with E-state index in [1.807, 2.05) is 0 Å². The molecular formula is C30H48O3. The number of aliphatic hydroxyl groups excluding tert-OH is 1. The first-order chi connectivity index (χ1) is 15.1. The van der Waals surface area contributed by atoms with E-state index in [9.17, 15) is 15.0 Å². The molecule has 3 heteroatoms. The maximum Gasteiger partial charge on any atom is 0.310 e. The highest BCUT2D eigenvalue weighted by molar-refractivity contribution is 5.76. The van der Waals surface area contributed by atoms with Crippen molar-refractivity contribution < 1.29 is 15.0 Å². The van der Waals surface area contributed by atoms with Gasteiger partial charge in [0.05, 0.1) is 11.5 Å². The molecule has 0 aromatic carbocycles. The molecule has 0 spiro atoms. The van der Waals surface area contributed by atoms with E-state index in [-0.39, 0.29) is 39.1 Å². The van der Waals surface area contributed by atoms with E-state index in [2.05, 4.69) is 54.5 Å². The monoisotopic (exact) mass is 456 g/mol. The summed E-state index contributed by atoms with van der Waals surface area (Å²) in [5, 5.41) is 21.4. The fourth-order valence-electron chi connectivity index (χ4n) is 10.6. The lowest BCUT2D eigenvalue weighted by molar-refractivity contribution is -0.205. The van der Waals surface area contributed by atoms with Crippen LogP contribution in [0.15, 0.2) is 11.6 Å². The summed E-state index contributed by atoms with van der Waals surface area (Å²) >= 11 is 0. The molecule has 0 aromatic heterocycles. The first-order valence-corrected chi connectivity index (χ1v) is 13.8. The molecule has 5 aliphatic carbocycles. The van der Waals surface area contributed by atoms with Crippen molar-refractivity contribution in [2.24, 2.45) is 50.2 Å². The van der Waals surface area contributed by atoms with Crippen molar-refractivity contribution in [2.45, 2.75) is 119 Å². The fourth-order valence-corrected chi connectivity index (χ4v) is 10.6. The molecule has 1 unspecified atom stereocenters. The van der Waals surface area contributed by atoms with E-state index in [4.69, 9.17) is 0 Å². The molecule has 4 fully saturated rings. The highest BCUT2D eigenvalue weighted by atomic mass is 16.4. The second-order valence-electron chi connectivity index (χ2n) is 15.1. The van der Waals surface area contributed by atoms with Crippen LogP contribution in [0.25, 0.3) is 0 Å². The molecule has 2 N–H and O–H groups in total. The summed E-state index contributed by atoms with van der Waals surface area (Å²) < 4.78 is 0. The Hall–Kier alpha value is -0.830. The Morgan fingerprint density at radius 2 is 1.55 bits per heavy atom. The highest BCUT2D eigenvalue weighted by Crippen LogP contribution is 2.75. The molecule has 0 bridgehead atoms. The fraction of sp³-hybridized carbons (Fsp3) is 0.900. The molecule has 0 aliphatic heterocycles. The largest absolute Gasteiger partial charge is 0.481 e. The van der Waals surface area contributed by atoms with Crippen LogP contribution in [0.1, 0.15) is 113 Å². The summed E-state index contributed by atoms with van der Waals surface area (Å²) in [5.74, 6) is 0.807. The Kier molecular flexibility index (Phi) is 4.99. The minimum Gasteiger partial charge on any atom is -0.481 e. The summed E-state index contributed by atoms with van der Waals surface area (Å²) in [6.07, 6.45) is 12.6.